The van der Waals surface area contributed by atoms with Crippen molar-refractivity contribution in [2.75, 3.05) is 32.2 Å². The molecule has 2 atom stereocenters. The second kappa shape index (κ2) is 8.25. The van der Waals surface area contributed by atoms with Crippen LogP contribution in [0.2, 0.25) is 0 Å². The maximum absolute atomic E-state index is 5.71. The van der Waals surface area contributed by atoms with Crippen LogP contribution >= 0.6 is 0 Å². The summed E-state index contributed by atoms with van der Waals surface area (Å²) in [5, 5.41) is 0. The third kappa shape index (κ3) is 4.35. The van der Waals surface area contributed by atoms with Gasteiger partial charge in [-0.1, -0.05) is 0 Å². The molecule has 0 amide bonds. The average molecular weight is 292 g/mol. The SMILES string of the molecule is COc1ccc(N(CCCN)C2CCCC(OC)C2)cc1. The summed E-state index contributed by atoms with van der Waals surface area (Å²) < 4.78 is 10.8. The van der Waals surface area contributed by atoms with Crippen LogP contribution < -0.4 is 15.4 Å². The fourth-order valence-electron chi connectivity index (χ4n) is 3.18. The summed E-state index contributed by atoms with van der Waals surface area (Å²) in [6.07, 6.45) is 6.16. The van der Waals surface area contributed by atoms with Gasteiger partial charge in [0.25, 0.3) is 0 Å². The molecule has 0 spiro atoms. The van der Waals surface area contributed by atoms with Crippen molar-refractivity contribution in [2.24, 2.45) is 5.73 Å². The maximum atomic E-state index is 5.71. The Morgan fingerprint density at radius 3 is 2.57 bits per heavy atom. The first-order valence-electron chi connectivity index (χ1n) is 7.92. The molecule has 0 radical (unpaired) electrons. The summed E-state index contributed by atoms with van der Waals surface area (Å²) in [6, 6.07) is 8.89. The molecular weight excluding hydrogens is 264 g/mol. The number of anilines is 1. The van der Waals surface area contributed by atoms with E-state index in [4.69, 9.17) is 15.2 Å². The molecule has 4 nitrogen and oxygen atoms in total. The van der Waals surface area contributed by atoms with Gasteiger partial charge in [0.05, 0.1) is 13.2 Å². The van der Waals surface area contributed by atoms with Crippen LogP contribution in [0.25, 0.3) is 0 Å². The van der Waals surface area contributed by atoms with Crippen LogP contribution in [0.3, 0.4) is 0 Å². The van der Waals surface area contributed by atoms with E-state index in [0.717, 1.165) is 31.7 Å². The third-order valence-electron chi connectivity index (χ3n) is 4.38. The van der Waals surface area contributed by atoms with Gasteiger partial charge in [0.1, 0.15) is 5.75 Å². The minimum atomic E-state index is 0.391. The van der Waals surface area contributed by atoms with Crippen LogP contribution in [0.5, 0.6) is 5.75 Å². The first kappa shape index (κ1) is 16.1. The Morgan fingerprint density at radius 1 is 1.19 bits per heavy atom. The molecule has 1 aliphatic rings. The molecule has 118 valence electrons. The Bertz CT molecular complexity index is 408. The largest absolute Gasteiger partial charge is 0.497 e. The Morgan fingerprint density at radius 2 is 1.95 bits per heavy atom. The zero-order chi connectivity index (χ0) is 15.1. The first-order chi connectivity index (χ1) is 10.3. The van der Waals surface area contributed by atoms with Gasteiger partial charge in [0.15, 0.2) is 0 Å². The van der Waals surface area contributed by atoms with Crippen molar-refractivity contribution in [1.29, 1.82) is 0 Å². The van der Waals surface area contributed by atoms with Gasteiger partial charge < -0.3 is 20.1 Å². The predicted molar refractivity (Wildman–Crippen MR) is 87.1 cm³/mol. The number of nitrogens with two attached hydrogens (primary N) is 1. The summed E-state index contributed by atoms with van der Waals surface area (Å²) in [5.41, 5.74) is 6.97. The molecular formula is C17H28N2O2. The normalized spacial score (nSPS) is 22.0. The molecule has 1 saturated carbocycles. The van der Waals surface area contributed by atoms with Crippen LogP contribution in [0.1, 0.15) is 32.1 Å². The average Bonchev–Trinajstić information content (AvgIpc) is 2.56. The quantitative estimate of drug-likeness (QED) is 0.839. The van der Waals surface area contributed by atoms with Crippen LogP contribution in [0.15, 0.2) is 24.3 Å². The minimum Gasteiger partial charge on any atom is -0.497 e. The lowest BCUT2D eigenvalue weighted by Crippen LogP contribution is -2.41. The van der Waals surface area contributed by atoms with Crippen LogP contribution in [-0.2, 0) is 4.74 Å². The van der Waals surface area contributed by atoms with Crippen LogP contribution in [0, 0.1) is 0 Å². The van der Waals surface area contributed by atoms with E-state index >= 15 is 0 Å². The molecule has 2 N–H and O–H groups in total. The topological polar surface area (TPSA) is 47.7 Å². The number of methoxy groups -OCH3 is 2. The molecule has 0 heterocycles. The van der Waals surface area contributed by atoms with E-state index in [1.54, 1.807) is 7.11 Å². The van der Waals surface area contributed by atoms with Gasteiger partial charge in [0, 0.05) is 25.4 Å². The van der Waals surface area contributed by atoms with Gasteiger partial charge in [0.2, 0.25) is 0 Å². The second-order valence-corrected chi connectivity index (χ2v) is 5.71. The van der Waals surface area contributed by atoms with E-state index < -0.39 is 0 Å². The van der Waals surface area contributed by atoms with E-state index in [0.29, 0.717) is 12.1 Å². The summed E-state index contributed by atoms with van der Waals surface area (Å²) in [5.74, 6) is 0.899. The highest BCUT2D eigenvalue weighted by Gasteiger charge is 2.26. The standard InChI is InChI=1S/C17H28N2O2/c1-20-16-9-7-14(8-10-16)19(12-4-11-18)15-5-3-6-17(13-15)21-2/h7-10,15,17H,3-6,11-13,18H2,1-2H3. The van der Waals surface area contributed by atoms with Gasteiger partial charge in [-0.15, -0.1) is 0 Å². The van der Waals surface area contributed by atoms with Crippen LogP contribution in [0.4, 0.5) is 5.69 Å². The molecule has 0 bridgehead atoms. The zero-order valence-electron chi connectivity index (χ0n) is 13.3. The summed E-state index contributed by atoms with van der Waals surface area (Å²) in [6.45, 7) is 1.73. The number of ether oxygens (including phenoxy) is 2. The van der Waals surface area contributed by atoms with Crippen LogP contribution in [-0.4, -0.2) is 39.5 Å². The first-order valence-corrected chi connectivity index (χ1v) is 7.92. The molecule has 4 heteroatoms. The highest BCUT2D eigenvalue weighted by Crippen LogP contribution is 2.29. The van der Waals surface area contributed by atoms with Crippen molar-refractivity contribution in [1.82, 2.24) is 0 Å². The number of hydrogen-bond acceptors (Lipinski definition) is 4. The molecule has 1 fully saturated rings. The van der Waals surface area contributed by atoms with Gasteiger partial charge in [-0.2, -0.15) is 0 Å². The summed E-state index contributed by atoms with van der Waals surface area (Å²) in [4.78, 5) is 2.50. The predicted octanol–water partition coefficient (Wildman–Crippen LogP) is 2.81. The van der Waals surface area contributed by atoms with Gasteiger partial charge >= 0.3 is 0 Å². The molecule has 0 aliphatic heterocycles. The van der Waals surface area contributed by atoms with Crippen molar-refractivity contribution < 1.29 is 9.47 Å². The fourth-order valence-corrected chi connectivity index (χ4v) is 3.18. The summed E-state index contributed by atoms with van der Waals surface area (Å²) in [7, 11) is 3.52. The molecule has 21 heavy (non-hydrogen) atoms. The molecule has 0 saturated heterocycles. The number of rotatable bonds is 7. The molecule has 1 aromatic carbocycles. The number of nitrogens with zero attached hydrogens (tertiary/aromatic N) is 1. The lowest BCUT2D eigenvalue weighted by molar-refractivity contribution is 0.0630. The lowest BCUT2D eigenvalue weighted by atomic mass is 9.91. The van der Waals surface area contributed by atoms with Crippen molar-refractivity contribution in [3.63, 3.8) is 0 Å². The summed E-state index contributed by atoms with van der Waals surface area (Å²) >= 11 is 0. The Kier molecular flexibility index (Phi) is 6.33. The maximum Gasteiger partial charge on any atom is 0.119 e. The van der Waals surface area contributed by atoms with Gasteiger partial charge in [-0.05, 0) is 62.9 Å². The van der Waals surface area contributed by atoms with E-state index in [1.807, 2.05) is 19.2 Å². The van der Waals surface area contributed by atoms with Crippen molar-refractivity contribution in [2.45, 2.75) is 44.2 Å². The Hall–Kier alpha value is -1.26. The van der Waals surface area contributed by atoms with Crippen molar-refractivity contribution in [3.05, 3.63) is 24.3 Å². The van der Waals surface area contributed by atoms with Gasteiger partial charge in [-0.3, -0.25) is 0 Å². The fraction of sp³-hybridized carbons (Fsp3) is 0.647. The Labute approximate surface area is 128 Å². The highest BCUT2D eigenvalue weighted by molar-refractivity contribution is 5.50. The molecule has 1 aliphatic carbocycles. The molecule has 1 aromatic rings. The molecule has 2 unspecified atom stereocenters. The third-order valence-corrected chi connectivity index (χ3v) is 4.38. The number of hydrogen-bond donors (Lipinski definition) is 1. The number of benzene rings is 1. The monoisotopic (exact) mass is 292 g/mol. The lowest BCUT2D eigenvalue weighted by Gasteiger charge is -2.38. The highest BCUT2D eigenvalue weighted by atomic mass is 16.5. The molecule has 2 rings (SSSR count). The van der Waals surface area contributed by atoms with Gasteiger partial charge in [-0.25, -0.2) is 0 Å². The van der Waals surface area contributed by atoms with E-state index in [-0.39, 0.29) is 0 Å². The van der Waals surface area contributed by atoms with Crippen molar-refractivity contribution >= 4 is 5.69 Å². The Balaban J connectivity index is 2.12. The smallest absolute Gasteiger partial charge is 0.119 e. The van der Waals surface area contributed by atoms with E-state index in [2.05, 4.69) is 17.0 Å². The van der Waals surface area contributed by atoms with E-state index in [1.165, 1.54) is 24.9 Å². The molecule has 0 aromatic heterocycles. The second-order valence-electron chi connectivity index (χ2n) is 5.71. The van der Waals surface area contributed by atoms with E-state index in [9.17, 15) is 0 Å². The minimum absolute atomic E-state index is 0.391. The zero-order valence-corrected chi connectivity index (χ0v) is 13.3. The van der Waals surface area contributed by atoms with Crippen molar-refractivity contribution in [3.8, 4) is 5.75 Å².